The van der Waals surface area contributed by atoms with E-state index in [2.05, 4.69) is 10.6 Å². The number of nitrogens with zero attached hydrogens (tertiary/aromatic N) is 1. The maximum atomic E-state index is 12.6. The SMILES string of the molecule is CC(C)(C)c1cc(N2C(=O)CCNC2=O)cc(NC(=O)c2ccccc2)c1O. The van der Waals surface area contributed by atoms with E-state index in [0.717, 1.165) is 4.90 Å². The van der Waals surface area contributed by atoms with Crippen LogP contribution in [0.1, 0.15) is 43.1 Å². The van der Waals surface area contributed by atoms with Crippen molar-refractivity contribution in [2.45, 2.75) is 32.6 Å². The Kier molecular flexibility index (Phi) is 5.09. The third kappa shape index (κ3) is 3.83. The maximum absolute atomic E-state index is 12.6. The predicted octanol–water partition coefficient (Wildman–Crippen LogP) is 3.39. The second-order valence-electron chi connectivity index (χ2n) is 7.67. The minimum absolute atomic E-state index is 0.0922. The van der Waals surface area contributed by atoms with Crippen LogP contribution < -0.4 is 15.5 Å². The molecule has 7 heteroatoms. The average molecular weight is 381 g/mol. The molecule has 4 amide bonds. The van der Waals surface area contributed by atoms with E-state index < -0.39 is 17.4 Å². The van der Waals surface area contributed by atoms with Crippen molar-refractivity contribution in [3.63, 3.8) is 0 Å². The molecule has 146 valence electrons. The van der Waals surface area contributed by atoms with Gasteiger partial charge in [-0.3, -0.25) is 9.59 Å². The molecule has 28 heavy (non-hydrogen) atoms. The molecular weight excluding hydrogens is 358 g/mol. The standard InChI is InChI=1S/C21H23N3O4/c1-21(2,3)15-11-14(24-17(25)9-10-22-20(24)28)12-16(18(15)26)23-19(27)13-7-5-4-6-8-13/h4-8,11-12,26H,9-10H2,1-3H3,(H,22,28)(H,23,27). The van der Waals surface area contributed by atoms with Gasteiger partial charge in [0, 0.05) is 24.1 Å². The van der Waals surface area contributed by atoms with Gasteiger partial charge >= 0.3 is 6.03 Å². The van der Waals surface area contributed by atoms with Gasteiger partial charge in [0.15, 0.2) is 0 Å². The van der Waals surface area contributed by atoms with Crippen LogP contribution in [0.5, 0.6) is 5.75 Å². The highest BCUT2D eigenvalue weighted by atomic mass is 16.3. The quantitative estimate of drug-likeness (QED) is 0.710. The monoisotopic (exact) mass is 381 g/mol. The molecular formula is C21H23N3O4. The number of urea groups is 1. The highest BCUT2D eigenvalue weighted by molar-refractivity contribution is 6.16. The van der Waals surface area contributed by atoms with Crippen molar-refractivity contribution in [1.29, 1.82) is 0 Å². The van der Waals surface area contributed by atoms with Crippen LogP contribution in [0.4, 0.5) is 16.2 Å². The normalized spacial score (nSPS) is 14.6. The Morgan fingerprint density at radius 2 is 1.82 bits per heavy atom. The fourth-order valence-corrected chi connectivity index (χ4v) is 3.04. The molecule has 2 aromatic rings. The number of hydrogen-bond donors (Lipinski definition) is 3. The zero-order valence-corrected chi connectivity index (χ0v) is 16.1. The van der Waals surface area contributed by atoms with E-state index in [4.69, 9.17) is 0 Å². The summed E-state index contributed by atoms with van der Waals surface area (Å²) in [6, 6.07) is 11.1. The number of carbonyl (C=O) groups excluding carboxylic acids is 3. The summed E-state index contributed by atoms with van der Waals surface area (Å²) < 4.78 is 0. The van der Waals surface area contributed by atoms with E-state index in [1.165, 1.54) is 6.07 Å². The smallest absolute Gasteiger partial charge is 0.328 e. The van der Waals surface area contributed by atoms with Crippen molar-refractivity contribution < 1.29 is 19.5 Å². The topological polar surface area (TPSA) is 98.7 Å². The number of imide groups is 1. The lowest BCUT2D eigenvalue weighted by Crippen LogP contribution is -2.50. The zero-order chi connectivity index (χ0) is 20.5. The molecule has 0 radical (unpaired) electrons. The van der Waals surface area contributed by atoms with Gasteiger partial charge in [-0.2, -0.15) is 0 Å². The number of aromatic hydroxyl groups is 1. The van der Waals surface area contributed by atoms with Crippen molar-refractivity contribution in [3.8, 4) is 5.75 Å². The third-order valence-corrected chi connectivity index (χ3v) is 4.51. The zero-order valence-electron chi connectivity index (χ0n) is 16.1. The number of amides is 4. The molecule has 1 fully saturated rings. The summed E-state index contributed by atoms with van der Waals surface area (Å²) in [6.45, 7) is 5.97. The van der Waals surface area contributed by atoms with Gasteiger partial charge in [-0.25, -0.2) is 9.69 Å². The van der Waals surface area contributed by atoms with Crippen LogP contribution in [0.25, 0.3) is 0 Å². The summed E-state index contributed by atoms with van der Waals surface area (Å²) >= 11 is 0. The van der Waals surface area contributed by atoms with E-state index in [0.29, 0.717) is 16.8 Å². The van der Waals surface area contributed by atoms with Crippen molar-refractivity contribution in [1.82, 2.24) is 5.32 Å². The molecule has 0 aliphatic carbocycles. The number of anilines is 2. The Morgan fingerprint density at radius 3 is 2.43 bits per heavy atom. The fourth-order valence-electron chi connectivity index (χ4n) is 3.04. The average Bonchev–Trinajstić information content (AvgIpc) is 2.63. The first-order valence-electron chi connectivity index (χ1n) is 9.03. The second kappa shape index (κ2) is 7.34. The van der Waals surface area contributed by atoms with Crippen molar-refractivity contribution >= 4 is 29.2 Å². The van der Waals surface area contributed by atoms with E-state index in [1.54, 1.807) is 36.4 Å². The number of phenols is 1. The molecule has 1 aliphatic rings. The fraction of sp³-hybridized carbons (Fsp3) is 0.286. The van der Waals surface area contributed by atoms with Crippen LogP contribution in [0.15, 0.2) is 42.5 Å². The Labute approximate surface area is 163 Å². The van der Waals surface area contributed by atoms with Gasteiger partial charge in [-0.15, -0.1) is 0 Å². The summed E-state index contributed by atoms with van der Waals surface area (Å²) in [7, 11) is 0. The van der Waals surface area contributed by atoms with Gasteiger partial charge in [-0.05, 0) is 29.7 Å². The Bertz CT molecular complexity index is 917. The number of nitrogens with one attached hydrogen (secondary N) is 2. The molecule has 1 heterocycles. The van der Waals surface area contributed by atoms with Gasteiger partial charge in [0.1, 0.15) is 5.75 Å². The molecule has 0 atom stereocenters. The number of benzene rings is 2. The Hall–Kier alpha value is -3.35. The van der Waals surface area contributed by atoms with Gasteiger partial charge in [0.05, 0.1) is 11.4 Å². The number of phenolic OH excluding ortho intramolecular Hbond substituents is 1. The predicted molar refractivity (Wildman–Crippen MR) is 107 cm³/mol. The van der Waals surface area contributed by atoms with Crippen LogP contribution in [-0.2, 0) is 10.2 Å². The van der Waals surface area contributed by atoms with Crippen molar-refractivity contribution in [2.24, 2.45) is 0 Å². The van der Waals surface area contributed by atoms with Crippen molar-refractivity contribution in [3.05, 3.63) is 53.6 Å². The van der Waals surface area contributed by atoms with Gasteiger partial charge < -0.3 is 15.7 Å². The molecule has 3 N–H and O–H groups in total. The maximum Gasteiger partial charge on any atom is 0.328 e. The molecule has 0 bridgehead atoms. The molecule has 7 nitrogen and oxygen atoms in total. The van der Waals surface area contributed by atoms with Gasteiger partial charge in [0.2, 0.25) is 5.91 Å². The molecule has 0 aromatic heterocycles. The Morgan fingerprint density at radius 1 is 1.14 bits per heavy atom. The summed E-state index contributed by atoms with van der Waals surface area (Å²) in [4.78, 5) is 38.2. The van der Waals surface area contributed by atoms with Gasteiger partial charge in [-0.1, -0.05) is 39.0 Å². The first-order chi connectivity index (χ1) is 13.2. The molecule has 0 unspecified atom stereocenters. The largest absolute Gasteiger partial charge is 0.505 e. The first kappa shape index (κ1) is 19.4. The summed E-state index contributed by atoms with van der Waals surface area (Å²) in [6.07, 6.45) is 0.184. The lowest BCUT2D eigenvalue weighted by Gasteiger charge is -2.29. The molecule has 1 aliphatic heterocycles. The number of carbonyl (C=O) groups is 3. The molecule has 2 aromatic carbocycles. The lowest BCUT2D eigenvalue weighted by atomic mass is 9.85. The van der Waals surface area contributed by atoms with E-state index >= 15 is 0 Å². The number of rotatable bonds is 3. The minimum atomic E-state index is -0.526. The number of hydrogen-bond acceptors (Lipinski definition) is 4. The minimum Gasteiger partial charge on any atom is -0.505 e. The van der Waals surface area contributed by atoms with E-state index in [9.17, 15) is 19.5 Å². The second-order valence-corrected chi connectivity index (χ2v) is 7.67. The Balaban J connectivity index is 2.07. The highest BCUT2D eigenvalue weighted by Gasteiger charge is 2.30. The van der Waals surface area contributed by atoms with Crippen LogP contribution in [0.3, 0.4) is 0 Å². The summed E-state index contributed by atoms with van der Waals surface area (Å²) in [5, 5.41) is 16.1. The van der Waals surface area contributed by atoms with E-state index in [-0.39, 0.29) is 30.3 Å². The summed E-state index contributed by atoms with van der Waals surface area (Å²) in [5.41, 5.74) is 0.897. The van der Waals surface area contributed by atoms with Crippen LogP contribution >= 0.6 is 0 Å². The third-order valence-electron chi connectivity index (χ3n) is 4.51. The molecule has 1 saturated heterocycles. The molecule has 3 rings (SSSR count). The molecule has 0 saturated carbocycles. The summed E-state index contributed by atoms with van der Waals surface area (Å²) in [5.74, 6) is -0.831. The first-order valence-corrected chi connectivity index (χ1v) is 9.03. The van der Waals surface area contributed by atoms with Gasteiger partial charge in [0.25, 0.3) is 5.91 Å². The van der Waals surface area contributed by atoms with Crippen LogP contribution in [-0.4, -0.2) is 29.5 Å². The van der Waals surface area contributed by atoms with Crippen LogP contribution in [0, 0.1) is 0 Å². The molecule has 0 spiro atoms. The van der Waals surface area contributed by atoms with E-state index in [1.807, 2.05) is 20.8 Å². The van der Waals surface area contributed by atoms with Crippen molar-refractivity contribution in [2.75, 3.05) is 16.8 Å². The lowest BCUT2D eigenvalue weighted by molar-refractivity contribution is -0.118. The van der Waals surface area contributed by atoms with Crippen LogP contribution in [0.2, 0.25) is 0 Å². The highest BCUT2D eigenvalue weighted by Crippen LogP contribution is 2.40.